The maximum absolute atomic E-state index is 11.8. The minimum Gasteiger partial charge on any atom is -0.343 e. The summed E-state index contributed by atoms with van der Waals surface area (Å²) >= 11 is 0. The Labute approximate surface area is 113 Å². The van der Waals surface area contributed by atoms with Crippen molar-refractivity contribution < 1.29 is 4.79 Å². The predicted octanol–water partition coefficient (Wildman–Crippen LogP) is 3.05. The molecule has 0 aliphatic heterocycles. The van der Waals surface area contributed by atoms with Crippen molar-refractivity contribution in [2.24, 2.45) is 5.92 Å². The molecule has 2 atom stereocenters. The van der Waals surface area contributed by atoms with Crippen LogP contribution in [0.25, 0.3) is 0 Å². The Morgan fingerprint density at radius 3 is 2.17 bits per heavy atom. The molecule has 2 unspecified atom stereocenters. The van der Waals surface area contributed by atoms with Crippen LogP contribution in [-0.2, 0) is 4.79 Å². The first-order chi connectivity index (χ1) is 8.58. The van der Waals surface area contributed by atoms with E-state index in [2.05, 4.69) is 26.1 Å². The van der Waals surface area contributed by atoms with E-state index in [4.69, 9.17) is 0 Å². The average molecular weight is 256 g/mol. The second-order valence-corrected chi connectivity index (χ2v) is 5.12. The number of nitrogens with one attached hydrogen (secondary N) is 1. The monoisotopic (exact) mass is 256 g/mol. The highest BCUT2D eigenvalue weighted by Gasteiger charge is 2.12. The highest BCUT2D eigenvalue weighted by atomic mass is 16.2. The number of amides is 1. The van der Waals surface area contributed by atoms with Gasteiger partial charge in [0.25, 0.3) is 0 Å². The molecular formula is C15H32N2O. The van der Waals surface area contributed by atoms with E-state index in [-0.39, 0.29) is 5.91 Å². The molecule has 3 heteroatoms. The standard InChI is InChI=1S/C15H32N2O/c1-6-13(5)12-14(7-2)16-11-10-15(18)17(8-3)9-4/h13-14,16H,6-12H2,1-5H3. The Morgan fingerprint density at radius 1 is 1.11 bits per heavy atom. The van der Waals surface area contributed by atoms with E-state index in [0.29, 0.717) is 12.5 Å². The Morgan fingerprint density at radius 2 is 1.72 bits per heavy atom. The van der Waals surface area contributed by atoms with E-state index in [9.17, 15) is 4.79 Å². The SMILES string of the molecule is CCC(C)CC(CC)NCCC(=O)N(CC)CC. The van der Waals surface area contributed by atoms with Crippen LogP contribution >= 0.6 is 0 Å². The summed E-state index contributed by atoms with van der Waals surface area (Å²) in [5.41, 5.74) is 0. The number of hydrogen-bond acceptors (Lipinski definition) is 2. The second-order valence-electron chi connectivity index (χ2n) is 5.12. The summed E-state index contributed by atoms with van der Waals surface area (Å²) in [5.74, 6) is 1.03. The molecule has 3 nitrogen and oxygen atoms in total. The molecule has 0 radical (unpaired) electrons. The van der Waals surface area contributed by atoms with E-state index >= 15 is 0 Å². The molecule has 0 aliphatic rings. The van der Waals surface area contributed by atoms with Crippen LogP contribution in [0.3, 0.4) is 0 Å². The maximum Gasteiger partial charge on any atom is 0.223 e. The molecule has 0 saturated carbocycles. The summed E-state index contributed by atoms with van der Waals surface area (Å²) < 4.78 is 0. The van der Waals surface area contributed by atoms with Gasteiger partial charge < -0.3 is 10.2 Å². The van der Waals surface area contributed by atoms with Gasteiger partial charge in [-0.15, -0.1) is 0 Å². The molecule has 0 saturated heterocycles. The highest BCUT2D eigenvalue weighted by Crippen LogP contribution is 2.11. The lowest BCUT2D eigenvalue weighted by Gasteiger charge is -2.22. The van der Waals surface area contributed by atoms with Gasteiger partial charge in [-0.1, -0.05) is 27.2 Å². The molecular weight excluding hydrogens is 224 g/mol. The van der Waals surface area contributed by atoms with Gasteiger partial charge in [0.2, 0.25) is 5.91 Å². The third-order valence-corrected chi connectivity index (χ3v) is 3.76. The van der Waals surface area contributed by atoms with Gasteiger partial charge in [0.1, 0.15) is 0 Å². The van der Waals surface area contributed by atoms with Crippen LogP contribution in [0, 0.1) is 5.92 Å². The van der Waals surface area contributed by atoms with Crippen molar-refractivity contribution in [2.45, 2.75) is 66.3 Å². The molecule has 0 spiro atoms. The van der Waals surface area contributed by atoms with Crippen LogP contribution in [-0.4, -0.2) is 36.5 Å². The zero-order valence-electron chi connectivity index (χ0n) is 13.0. The number of rotatable bonds is 10. The molecule has 0 aliphatic carbocycles. The lowest BCUT2D eigenvalue weighted by molar-refractivity contribution is -0.130. The Kier molecular flexibility index (Phi) is 10.0. The van der Waals surface area contributed by atoms with Crippen molar-refractivity contribution in [1.82, 2.24) is 10.2 Å². The Hall–Kier alpha value is -0.570. The molecule has 0 fully saturated rings. The Bertz CT molecular complexity index is 215. The van der Waals surface area contributed by atoms with Crippen molar-refractivity contribution in [3.63, 3.8) is 0 Å². The zero-order chi connectivity index (χ0) is 14.0. The number of nitrogens with zero attached hydrogens (tertiary/aromatic N) is 1. The topological polar surface area (TPSA) is 32.3 Å². The smallest absolute Gasteiger partial charge is 0.223 e. The fourth-order valence-corrected chi connectivity index (χ4v) is 2.16. The van der Waals surface area contributed by atoms with Crippen LogP contribution < -0.4 is 5.32 Å². The molecule has 0 aromatic heterocycles. The number of hydrogen-bond donors (Lipinski definition) is 1. The molecule has 18 heavy (non-hydrogen) atoms. The molecule has 1 amide bonds. The summed E-state index contributed by atoms with van der Waals surface area (Å²) in [7, 11) is 0. The van der Waals surface area contributed by atoms with E-state index in [1.54, 1.807) is 0 Å². The summed E-state index contributed by atoms with van der Waals surface area (Å²) in [5, 5.41) is 3.52. The van der Waals surface area contributed by atoms with Crippen LogP contribution in [0.2, 0.25) is 0 Å². The number of carbonyl (C=O) groups excluding carboxylic acids is 1. The van der Waals surface area contributed by atoms with Gasteiger partial charge >= 0.3 is 0 Å². The fourth-order valence-electron chi connectivity index (χ4n) is 2.16. The third-order valence-electron chi connectivity index (χ3n) is 3.76. The van der Waals surface area contributed by atoms with Gasteiger partial charge in [0.05, 0.1) is 0 Å². The van der Waals surface area contributed by atoms with Gasteiger partial charge in [0.15, 0.2) is 0 Å². The second kappa shape index (κ2) is 10.4. The normalized spacial score (nSPS) is 14.3. The molecule has 0 aromatic carbocycles. The van der Waals surface area contributed by atoms with Crippen molar-refractivity contribution in [1.29, 1.82) is 0 Å². The minimum absolute atomic E-state index is 0.269. The van der Waals surface area contributed by atoms with E-state index in [1.807, 2.05) is 18.7 Å². The van der Waals surface area contributed by atoms with Crippen molar-refractivity contribution in [3.8, 4) is 0 Å². The summed E-state index contributed by atoms with van der Waals surface area (Å²) in [6, 6.07) is 0.560. The van der Waals surface area contributed by atoms with Gasteiger partial charge in [-0.25, -0.2) is 0 Å². The molecule has 108 valence electrons. The first-order valence-electron chi connectivity index (χ1n) is 7.59. The predicted molar refractivity (Wildman–Crippen MR) is 78.7 cm³/mol. The van der Waals surface area contributed by atoms with Crippen LogP contribution in [0.15, 0.2) is 0 Å². The van der Waals surface area contributed by atoms with Crippen LogP contribution in [0.5, 0.6) is 0 Å². The molecule has 0 bridgehead atoms. The average Bonchev–Trinajstić information content (AvgIpc) is 2.38. The molecule has 0 aromatic rings. The number of carbonyl (C=O) groups is 1. The third kappa shape index (κ3) is 7.00. The van der Waals surface area contributed by atoms with E-state index < -0.39 is 0 Å². The quantitative estimate of drug-likeness (QED) is 0.651. The largest absolute Gasteiger partial charge is 0.343 e. The zero-order valence-corrected chi connectivity index (χ0v) is 13.0. The summed E-state index contributed by atoms with van der Waals surface area (Å²) in [6.45, 7) is 13.3. The van der Waals surface area contributed by atoms with Crippen molar-refractivity contribution in [3.05, 3.63) is 0 Å². The first kappa shape index (κ1) is 17.4. The lowest BCUT2D eigenvalue weighted by Crippen LogP contribution is -2.36. The van der Waals surface area contributed by atoms with Gasteiger partial charge in [-0.05, 0) is 32.6 Å². The fraction of sp³-hybridized carbons (Fsp3) is 0.933. The van der Waals surface area contributed by atoms with Gasteiger partial charge in [-0.2, -0.15) is 0 Å². The summed E-state index contributed by atoms with van der Waals surface area (Å²) in [6.07, 6.45) is 4.21. The highest BCUT2D eigenvalue weighted by molar-refractivity contribution is 5.76. The lowest BCUT2D eigenvalue weighted by atomic mass is 9.98. The Balaban J connectivity index is 3.89. The van der Waals surface area contributed by atoms with Gasteiger partial charge in [0, 0.05) is 32.1 Å². The van der Waals surface area contributed by atoms with Crippen LogP contribution in [0.4, 0.5) is 0 Å². The first-order valence-corrected chi connectivity index (χ1v) is 7.59. The maximum atomic E-state index is 11.8. The van der Waals surface area contributed by atoms with Gasteiger partial charge in [-0.3, -0.25) is 4.79 Å². The van der Waals surface area contributed by atoms with E-state index in [1.165, 1.54) is 12.8 Å². The van der Waals surface area contributed by atoms with E-state index in [0.717, 1.165) is 32.0 Å². The van der Waals surface area contributed by atoms with Crippen LogP contribution in [0.1, 0.15) is 60.3 Å². The summed E-state index contributed by atoms with van der Waals surface area (Å²) in [4.78, 5) is 13.7. The molecule has 1 N–H and O–H groups in total. The van der Waals surface area contributed by atoms with Crippen molar-refractivity contribution >= 4 is 5.91 Å². The molecule has 0 heterocycles. The van der Waals surface area contributed by atoms with Crippen molar-refractivity contribution in [2.75, 3.05) is 19.6 Å². The minimum atomic E-state index is 0.269. The molecule has 0 rings (SSSR count).